The summed E-state index contributed by atoms with van der Waals surface area (Å²) < 4.78 is 98.2. The summed E-state index contributed by atoms with van der Waals surface area (Å²) in [6.07, 6.45) is -9.53. The maximum absolute atomic E-state index is 15.0. The van der Waals surface area contributed by atoms with E-state index in [1.165, 1.54) is 11.9 Å². The number of rotatable bonds is 5. The Labute approximate surface area is 209 Å². The van der Waals surface area contributed by atoms with Crippen molar-refractivity contribution < 1.29 is 35.5 Å². The topological polar surface area (TPSA) is 38.1 Å². The zero-order valence-corrected chi connectivity index (χ0v) is 20.9. The lowest BCUT2D eigenvalue weighted by Gasteiger charge is -2.27. The first-order valence-electron chi connectivity index (χ1n) is 11.2. The summed E-state index contributed by atoms with van der Waals surface area (Å²) in [4.78, 5) is 18.4. The molecule has 1 amide bonds. The summed E-state index contributed by atoms with van der Waals surface area (Å²) >= 11 is 0. The van der Waals surface area contributed by atoms with Gasteiger partial charge in [-0.15, -0.1) is 0 Å². The van der Waals surface area contributed by atoms with Crippen LogP contribution in [0.4, 0.5) is 30.7 Å². The summed E-state index contributed by atoms with van der Waals surface area (Å²) in [5.41, 5.74) is -4.89. The number of amides is 1. The molecule has 0 bridgehead atoms. The van der Waals surface area contributed by atoms with Gasteiger partial charge >= 0.3 is 12.4 Å². The molecule has 3 rings (SSSR count). The lowest BCUT2D eigenvalue weighted by atomic mass is 9.96. The first-order valence-corrected chi connectivity index (χ1v) is 11.2. The van der Waals surface area contributed by atoms with Gasteiger partial charge in [0.25, 0.3) is 5.91 Å². The van der Waals surface area contributed by atoms with Crippen molar-refractivity contribution in [1.29, 1.82) is 0 Å². The summed E-state index contributed by atoms with van der Waals surface area (Å²) in [5.74, 6) is -2.34. The van der Waals surface area contributed by atoms with Crippen molar-refractivity contribution in [3.05, 3.63) is 76.5 Å². The van der Waals surface area contributed by atoms with Crippen LogP contribution in [0.3, 0.4) is 0 Å². The second-order valence-corrected chi connectivity index (χ2v) is 10.0. The van der Waals surface area contributed by atoms with Crippen LogP contribution in [0.25, 0.3) is 11.3 Å². The molecule has 0 radical (unpaired) electrons. The molecule has 2 aromatic heterocycles. The van der Waals surface area contributed by atoms with Crippen LogP contribution >= 0.6 is 0 Å². The molecule has 0 spiro atoms. The molecule has 0 fully saturated rings. The third kappa shape index (κ3) is 6.14. The van der Waals surface area contributed by atoms with Gasteiger partial charge in [-0.05, 0) is 29.5 Å². The van der Waals surface area contributed by atoms with Crippen LogP contribution in [0.15, 0.2) is 42.6 Å². The minimum Gasteiger partial charge on any atom is -0.340 e. The molecule has 0 saturated carbocycles. The van der Waals surface area contributed by atoms with Crippen LogP contribution in [0.2, 0.25) is 0 Å². The number of carbonyl (C=O) groups is 1. The van der Waals surface area contributed by atoms with Gasteiger partial charge in [0.2, 0.25) is 0 Å². The molecular formula is C26H26F7N3O. The van der Waals surface area contributed by atoms with Crippen LogP contribution in [-0.2, 0) is 18.9 Å². The van der Waals surface area contributed by atoms with Crippen molar-refractivity contribution >= 4 is 5.91 Å². The second kappa shape index (κ2) is 9.83. The number of aromatic nitrogens is 2. The van der Waals surface area contributed by atoms with Gasteiger partial charge in [-0.25, -0.2) is 4.39 Å². The second-order valence-electron chi connectivity index (χ2n) is 10.0. The molecule has 0 unspecified atom stereocenters. The van der Waals surface area contributed by atoms with Gasteiger partial charge in [0.15, 0.2) is 0 Å². The van der Waals surface area contributed by atoms with E-state index in [4.69, 9.17) is 0 Å². The summed E-state index contributed by atoms with van der Waals surface area (Å²) in [5, 5.41) is 0. The summed E-state index contributed by atoms with van der Waals surface area (Å²) in [6, 6.07) is 8.20. The van der Waals surface area contributed by atoms with E-state index in [9.17, 15) is 31.1 Å². The van der Waals surface area contributed by atoms with Gasteiger partial charge in [-0.1, -0.05) is 51.1 Å². The highest BCUT2D eigenvalue weighted by atomic mass is 19.4. The fraction of sp³-hybridized carbons (Fsp3) is 0.385. The zero-order valence-electron chi connectivity index (χ0n) is 20.9. The van der Waals surface area contributed by atoms with E-state index in [1.54, 1.807) is 30.3 Å². The monoisotopic (exact) mass is 529 g/mol. The molecule has 37 heavy (non-hydrogen) atoms. The molecule has 2 heterocycles. The van der Waals surface area contributed by atoms with Crippen LogP contribution in [0, 0.1) is 18.2 Å². The Morgan fingerprint density at radius 3 is 2.08 bits per heavy atom. The Morgan fingerprint density at radius 1 is 1.00 bits per heavy atom. The summed E-state index contributed by atoms with van der Waals surface area (Å²) in [7, 11) is 1.40. The normalized spacial score (nSPS) is 12.6. The third-order valence-corrected chi connectivity index (χ3v) is 5.62. The molecule has 1 aromatic carbocycles. The van der Waals surface area contributed by atoms with Crippen LogP contribution in [0.1, 0.15) is 53.6 Å². The fourth-order valence-electron chi connectivity index (χ4n) is 4.29. The first-order chi connectivity index (χ1) is 16.9. The van der Waals surface area contributed by atoms with E-state index >= 15 is 4.39 Å². The van der Waals surface area contributed by atoms with Gasteiger partial charge in [-0.2, -0.15) is 26.3 Å². The Balaban J connectivity index is 2.37. The standard InChI is InChI=1S/C26H26F7N3O/c1-15-19(20-18(27)11-17(12-34-20)25(28,29)30)21(23(37)35(5)14-24(2,3)4)36(22(15)26(31,32)33)13-16-9-7-6-8-10-16/h6-12H,13-14H2,1-5H3. The number of carbonyl (C=O) groups excluding carboxylic acids is 1. The van der Waals surface area contributed by atoms with Crippen molar-refractivity contribution in [2.24, 2.45) is 5.41 Å². The average molecular weight is 530 g/mol. The van der Waals surface area contributed by atoms with Gasteiger partial charge in [0, 0.05) is 31.9 Å². The molecule has 0 aliphatic carbocycles. The third-order valence-electron chi connectivity index (χ3n) is 5.62. The molecule has 0 N–H and O–H groups in total. The van der Waals surface area contributed by atoms with Gasteiger partial charge < -0.3 is 9.47 Å². The molecule has 4 nitrogen and oxygen atoms in total. The molecular weight excluding hydrogens is 503 g/mol. The fourth-order valence-corrected chi connectivity index (χ4v) is 4.29. The quantitative estimate of drug-likeness (QED) is 0.328. The molecule has 200 valence electrons. The van der Waals surface area contributed by atoms with E-state index in [2.05, 4.69) is 4.98 Å². The number of hydrogen-bond donors (Lipinski definition) is 0. The SMILES string of the molecule is Cc1c(-c2ncc(C(F)(F)F)cc2F)c(C(=O)N(C)CC(C)(C)C)n(Cc2ccccc2)c1C(F)(F)F. The van der Waals surface area contributed by atoms with Crippen molar-refractivity contribution in [2.75, 3.05) is 13.6 Å². The van der Waals surface area contributed by atoms with Crippen molar-refractivity contribution in [3.63, 3.8) is 0 Å². The Hall–Kier alpha value is -3.37. The van der Waals surface area contributed by atoms with Crippen LogP contribution in [-0.4, -0.2) is 34.0 Å². The smallest absolute Gasteiger partial charge is 0.340 e. The highest BCUT2D eigenvalue weighted by Gasteiger charge is 2.43. The number of hydrogen-bond acceptors (Lipinski definition) is 2. The molecule has 0 aliphatic heterocycles. The highest BCUT2D eigenvalue weighted by Crippen LogP contribution is 2.42. The lowest BCUT2D eigenvalue weighted by molar-refractivity contribution is -0.143. The number of halogens is 7. The molecule has 0 saturated heterocycles. The number of pyridine rings is 1. The van der Waals surface area contributed by atoms with E-state index < -0.39 is 63.3 Å². The van der Waals surface area contributed by atoms with Gasteiger partial charge in [0.05, 0.1) is 5.56 Å². The predicted octanol–water partition coefficient (Wildman–Crippen LogP) is 7.20. The Bertz CT molecular complexity index is 1290. The lowest BCUT2D eigenvalue weighted by Crippen LogP contribution is -2.36. The Morgan fingerprint density at radius 2 is 1.59 bits per heavy atom. The maximum atomic E-state index is 15.0. The number of nitrogens with zero attached hydrogens (tertiary/aromatic N) is 3. The van der Waals surface area contributed by atoms with Crippen molar-refractivity contribution in [3.8, 4) is 11.3 Å². The predicted molar refractivity (Wildman–Crippen MR) is 124 cm³/mol. The van der Waals surface area contributed by atoms with Crippen molar-refractivity contribution in [2.45, 2.75) is 46.6 Å². The van der Waals surface area contributed by atoms with E-state index in [0.717, 1.165) is 11.5 Å². The van der Waals surface area contributed by atoms with Crippen LogP contribution < -0.4 is 0 Å². The number of alkyl halides is 6. The number of benzene rings is 1. The Kier molecular flexibility index (Phi) is 7.49. The summed E-state index contributed by atoms with van der Waals surface area (Å²) in [6.45, 7) is 6.28. The first kappa shape index (κ1) is 28.2. The van der Waals surface area contributed by atoms with Gasteiger partial charge in [-0.3, -0.25) is 9.78 Å². The van der Waals surface area contributed by atoms with E-state index in [0.29, 0.717) is 11.8 Å². The average Bonchev–Trinajstić information content (AvgIpc) is 3.03. The molecule has 0 atom stereocenters. The minimum atomic E-state index is -4.96. The zero-order chi connectivity index (χ0) is 27.9. The largest absolute Gasteiger partial charge is 0.431 e. The molecule has 0 aliphatic rings. The van der Waals surface area contributed by atoms with E-state index in [1.807, 2.05) is 20.8 Å². The molecule has 11 heteroatoms. The van der Waals surface area contributed by atoms with E-state index in [-0.39, 0.29) is 19.2 Å². The van der Waals surface area contributed by atoms with Crippen LogP contribution in [0.5, 0.6) is 0 Å². The maximum Gasteiger partial charge on any atom is 0.431 e. The highest BCUT2D eigenvalue weighted by molar-refractivity contribution is 6.00. The molecule has 3 aromatic rings. The van der Waals surface area contributed by atoms with Crippen molar-refractivity contribution in [1.82, 2.24) is 14.5 Å². The minimum absolute atomic E-state index is 0.144. The van der Waals surface area contributed by atoms with Gasteiger partial charge in [0.1, 0.15) is 22.9 Å².